The third-order valence-corrected chi connectivity index (χ3v) is 5.22. The van der Waals surface area contributed by atoms with Gasteiger partial charge in [-0.3, -0.25) is 0 Å². The Morgan fingerprint density at radius 2 is 2.32 bits per heavy atom. The predicted molar refractivity (Wildman–Crippen MR) is 87.3 cm³/mol. The van der Waals surface area contributed by atoms with Crippen LogP contribution in [0.3, 0.4) is 0 Å². The molecule has 0 amide bonds. The van der Waals surface area contributed by atoms with E-state index in [-0.39, 0.29) is 0 Å². The standard InChI is InChI=1S/C15H18N6S/c1-3-11-6-12-14(16-8-17-15(12)22-11)19-10-4-5-13-18-9(2)20-21(13)7-10/h6,8,10H,3-5,7H2,1-2H3,(H,16,17,19)/t10-/m1/s1. The maximum absolute atomic E-state index is 4.46. The van der Waals surface area contributed by atoms with Gasteiger partial charge in [0.05, 0.1) is 11.9 Å². The van der Waals surface area contributed by atoms with E-state index in [0.29, 0.717) is 6.04 Å². The zero-order chi connectivity index (χ0) is 15.1. The molecule has 0 unspecified atom stereocenters. The Labute approximate surface area is 132 Å². The molecule has 3 aromatic heterocycles. The molecule has 0 saturated heterocycles. The average Bonchev–Trinajstić information content (AvgIpc) is 3.09. The summed E-state index contributed by atoms with van der Waals surface area (Å²) in [5.41, 5.74) is 0. The van der Waals surface area contributed by atoms with E-state index in [1.807, 2.05) is 11.6 Å². The van der Waals surface area contributed by atoms with Gasteiger partial charge in [0.15, 0.2) is 0 Å². The summed E-state index contributed by atoms with van der Waals surface area (Å²) in [6, 6.07) is 2.53. The number of hydrogen-bond acceptors (Lipinski definition) is 6. The van der Waals surface area contributed by atoms with Crippen LogP contribution in [0.4, 0.5) is 5.82 Å². The molecule has 1 aliphatic heterocycles. The lowest BCUT2D eigenvalue weighted by Crippen LogP contribution is -2.32. The van der Waals surface area contributed by atoms with Crippen molar-refractivity contribution in [1.82, 2.24) is 24.7 Å². The molecule has 22 heavy (non-hydrogen) atoms. The molecule has 1 aliphatic rings. The molecular weight excluding hydrogens is 296 g/mol. The van der Waals surface area contributed by atoms with Crippen LogP contribution in [0.1, 0.15) is 29.9 Å². The number of rotatable bonds is 3. The molecule has 7 heteroatoms. The fraction of sp³-hybridized carbons (Fsp3) is 0.467. The normalized spacial score (nSPS) is 17.6. The molecule has 0 saturated carbocycles. The van der Waals surface area contributed by atoms with E-state index < -0.39 is 0 Å². The molecule has 0 spiro atoms. The molecule has 0 aliphatic carbocycles. The summed E-state index contributed by atoms with van der Waals surface area (Å²) in [5.74, 6) is 2.88. The van der Waals surface area contributed by atoms with Crippen molar-refractivity contribution in [2.24, 2.45) is 0 Å². The molecule has 4 rings (SSSR count). The molecule has 1 atom stereocenters. The van der Waals surface area contributed by atoms with Crippen molar-refractivity contribution in [3.63, 3.8) is 0 Å². The zero-order valence-corrected chi connectivity index (χ0v) is 13.5. The molecule has 3 aromatic rings. The lowest BCUT2D eigenvalue weighted by atomic mass is 10.1. The van der Waals surface area contributed by atoms with Crippen LogP contribution >= 0.6 is 11.3 Å². The topological polar surface area (TPSA) is 68.5 Å². The number of nitrogens with one attached hydrogen (secondary N) is 1. The van der Waals surface area contributed by atoms with E-state index in [1.54, 1.807) is 17.7 Å². The van der Waals surface area contributed by atoms with Crippen LogP contribution in [0.2, 0.25) is 0 Å². The van der Waals surface area contributed by atoms with Gasteiger partial charge in [0.2, 0.25) is 0 Å². The van der Waals surface area contributed by atoms with E-state index in [4.69, 9.17) is 0 Å². The van der Waals surface area contributed by atoms with Gasteiger partial charge in [-0.1, -0.05) is 6.92 Å². The molecule has 0 radical (unpaired) electrons. The molecular formula is C15H18N6S. The van der Waals surface area contributed by atoms with Gasteiger partial charge in [0.1, 0.15) is 28.6 Å². The highest BCUT2D eigenvalue weighted by molar-refractivity contribution is 7.18. The zero-order valence-electron chi connectivity index (χ0n) is 12.7. The van der Waals surface area contributed by atoms with E-state index in [9.17, 15) is 0 Å². The van der Waals surface area contributed by atoms with Crippen LogP contribution in [0, 0.1) is 6.92 Å². The Hall–Kier alpha value is -2.02. The van der Waals surface area contributed by atoms with Crippen molar-refractivity contribution in [1.29, 1.82) is 0 Å². The van der Waals surface area contributed by atoms with E-state index in [1.165, 1.54) is 4.88 Å². The summed E-state index contributed by atoms with van der Waals surface area (Å²) in [4.78, 5) is 15.7. The fourth-order valence-corrected chi connectivity index (χ4v) is 3.87. The monoisotopic (exact) mass is 314 g/mol. The first-order valence-corrected chi connectivity index (χ1v) is 8.45. The first kappa shape index (κ1) is 13.6. The van der Waals surface area contributed by atoms with Gasteiger partial charge in [-0.15, -0.1) is 11.3 Å². The molecule has 6 nitrogen and oxygen atoms in total. The highest BCUT2D eigenvalue weighted by Crippen LogP contribution is 2.29. The van der Waals surface area contributed by atoms with E-state index >= 15 is 0 Å². The maximum Gasteiger partial charge on any atom is 0.147 e. The van der Waals surface area contributed by atoms with Crippen molar-refractivity contribution >= 4 is 27.4 Å². The summed E-state index contributed by atoms with van der Waals surface area (Å²) in [6.07, 6.45) is 4.69. The third-order valence-electron chi connectivity index (χ3n) is 4.03. The number of anilines is 1. The second kappa shape index (κ2) is 5.31. The van der Waals surface area contributed by atoms with Crippen LogP contribution in [0.25, 0.3) is 10.2 Å². The third kappa shape index (κ3) is 2.35. The van der Waals surface area contributed by atoms with E-state index in [0.717, 1.165) is 53.5 Å². The first-order chi connectivity index (χ1) is 10.7. The number of aromatic nitrogens is 5. The summed E-state index contributed by atoms with van der Waals surface area (Å²) in [7, 11) is 0. The molecule has 0 bridgehead atoms. The van der Waals surface area contributed by atoms with Crippen molar-refractivity contribution in [2.75, 3.05) is 5.32 Å². The average molecular weight is 314 g/mol. The molecule has 1 N–H and O–H groups in total. The summed E-state index contributed by atoms with van der Waals surface area (Å²) in [5, 5.41) is 9.17. The van der Waals surface area contributed by atoms with Crippen LogP contribution in [-0.2, 0) is 19.4 Å². The second-order valence-electron chi connectivity index (χ2n) is 5.64. The van der Waals surface area contributed by atoms with Gasteiger partial charge in [-0.2, -0.15) is 5.10 Å². The smallest absolute Gasteiger partial charge is 0.147 e. The van der Waals surface area contributed by atoms with Crippen molar-refractivity contribution in [3.8, 4) is 0 Å². The molecule has 4 heterocycles. The Kier molecular flexibility index (Phi) is 3.29. The van der Waals surface area contributed by atoms with Crippen LogP contribution < -0.4 is 5.32 Å². The van der Waals surface area contributed by atoms with Crippen LogP contribution in [-0.4, -0.2) is 30.8 Å². The Morgan fingerprint density at radius 1 is 1.41 bits per heavy atom. The van der Waals surface area contributed by atoms with Crippen LogP contribution in [0.15, 0.2) is 12.4 Å². The lowest BCUT2D eigenvalue weighted by molar-refractivity contribution is 0.440. The predicted octanol–water partition coefficient (Wildman–Crippen LogP) is 2.58. The van der Waals surface area contributed by atoms with Crippen molar-refractivity contribution < 1.29 is 0 Å². The highest BCUT2D eigenvalue weighted by Gasteiger charge is 2.22. The van der Waals surface area contributed by atoms with Crippen LogP contribution in [0.5, 0.6) is 0 Å². The van der Waals surface area contributed by atoms with Gasteiger partial charge in [-0.05, 0) is 25.8 Å². The van der Waals surface area contributed by atoms with Crippen molar-refractivity contribution in [3.05, 3.63) is 28.9 Å². The first-order valence-electron chi connectivity index (χ1n) is 7.63. The van der Waals surface area contributed by atoms with Gasteiger partial charge in [0, 0.05) is 17.3 Å². The second-order valence-corrected chi connectivity index (χ2v) is 6.76. The summed E-state index contributed by atoms with van der Waals surface area (Å²) >= 11 is 1.75. The van der Waals surface area contributed by atoms with Gasteiger partial charge in [0.25, 0.3) is 0 Å². The Morgan fingerprint density at radius 3 is 3.18 bits per heavy atom. The SMILES string of the molecule is CCc1cc2c(N[C@@H]3CCc4nc(C)nn4C3)ncnc2s1. The number of thiophene rings is 1. The van der Waals surface area contributed by atoms with Gasteiger partial charge < -0.3 is 5.32 Å². The molecule has 114 valence electrons. The molecule has 0 fully saturated rings. The highest BCUT2D eigenvalue weighted by atomic mass is 32.1. The minimum atomic E-state index is 0.330. The summed E-state index contributed by atoms with van der Waals surface area (Å²) in [6.45, 7) is 4.95. The van der Waals surface area contributed by atoms with E-state index in [2.05, 4.69) is 38.4 Å². The number of nitrogens with zero attached hydrogens (tertiary/aromatic N) is 5. The van der Waals surface area contributed by atoms with Gasteiger partial charge >= 0.3 is 0 Å². The quantitative estimate of drug-likeness (QED) is 0.805. The number of aryl methyl sites for hydroxylation is 3. The minimum absolute atomic E-state index is 0.330. The minimum Gasteiger partial charge on any atom is -0.365 e. The maximum atomic E-state index is 4.46. The number of fused-ring (bicyclic) bond motifs is 2. The Bertz CT molecular complexity index is 821. The Balaban J connectivity index is 1.60. The lowest BCUT2D eigenvalue weighted by Gasteiger charge is -2.24. The number of hydrogen-bond donors (Lipinski definition) is 1. The summed E-state index contributed by atoms with van der Waals surface area (Å²) < 4.78 is 2.01. The van der Waals surface area contributed by atoms with Gasteiger partial charge in [-0.25, -0.2) is 19.6 Å². The fourth-order valence-electron chi connectivity index (χ4n) is 2.94. The molecule has 0 aromatic carbocycles. The van der Waals surface area contributed by atoms with Crippen molar-refractivity contribution in [2.45, 2.75) is 45.7 Å². The largest absolute Gasteiger partial charge is 0.365 e.